The van der Waals surface area contributed by atoms with Gasteiger partial charge in [0.2, 0.25) is 0 Å². The maximum absolute atomic E-state index is 11.4. The van der Waals surface area contributed by atoms with Crippen LogP contribution < -0.4 is 0 Å². The Morgan fingerprint density at radius 1 is 1.06 bits per heavy atom. The molecule has 18 heavy (non-hydrogen) atoms. The van der Waals surface area contributed by atoms with Gasteiger partial charge < -0.3 is 0 Å². The van der Waals surface area contributed by atoms with Crippen molar-refractivity contribution in [3.63, 3.8) is 0 Å². The molecule has 0 amide bonds. The number of Topliss-reactive ketones (excluding diaryl/α,β-unsaturated/α-hetero) is 1. The quantitative estimate of drug-likeness (QED) is 0.591. The summed E-state index contributed by atoms with van der Waals surface area (Å²) in [6.07, 6.45) is 5.68. The highest BCUT2D eigenvalue weighted by molar-refractivity contribution is 7.99. The van der Waals surface area contributed by atoms with Crippen molar-refractivity contribution in [3.8, 4) is 0 Å². The van der Waals surface area contributed by atoms with Gasteiger partial charge in [0.25, 0.3) is 0 Å². The Hall–Kier alpha value is -0.760. The number of hydrogen-bond donors (Lipinski definition) is 0. The predicted molar refractivity (Wildman–Crippen MR) is 80.3 cm³/mol. The molecule has 0 heterocycles. The van der Waals surface area contributed by atoms with Crippen LogP contribution in [0.5, 0.6) is 0 Å². The summed E-state index contributed by atoms with van der Waals surface area (Å²) in [5, 5.41) is 0. The third-order valence-electron chi connectivity index (χ3n) is 2.85. The smallest absolute Gasteiger partial charge is 0.132 e. The fourth-order valence-electron chi connectivity index (χ4n) is 1.87. The summed E-state index contributed by atoms with van der Waals surface area (Å²) in [6, 6.07) is 8.79. The van der Waals surface area contributed by atoms with E-state index in [1.807, 2.05) is 11.8 Å². The van der Waals surface area contributed by atoms with Gasteiger partial charge in [-0.1, -0.05) is 26.0 Å². The molecule has 0 radical (unpaired) electrons. The molecule has 0 spiro atoms. The minimum absolute atomic E-state index is 0.410. The van der Waals surface area contributed by atoms with Crippen LogP contribution in [0.3, 0.4) is 0 Å². The topological polar surface area (TPSA) is 17.1 Å². The number of hydrogen-bond acceptors (Lipinski definition) is 2. The van der Waals surface area contributed by atoms with Crippen LogP contribution in [-0.4, -0.2) is 11.5 Å². The minimum atomic E-state index is 0.410. The lowest BCUT2D eigenvalue weighted by molar-refractivity contribution is -0.119. The fraction of sp³-hybridized carbons (Fsp3) is 0.562. The highest BCUT2D eigenvalue weighted by Crippen LogP contribution is 2.19. The summed E-state index contributed by atoms with van der Waals surface area (Å²) in [7, 11) is 0. The van der Waals surface area contributed by atoms with Gasteiger partial charge in [-0.25, -0.2) is 0 Å². The molecule has 0 saturated heterocycles. The van der Waals surface area contributed by atoms with Crippen molar-refractivity contribution in [1.29, 1.82) is 0 Å². The van der Waals surface area contributed by atoms with Gasteiger partial charge in [0, 0.05) is 17.7 Å². The Morgan fingerprint density at radius 2 is 1.78 bits per heavy atom. The van der Waals surface area contributed by atoms with Crippen LogP contribution in [0.25, 0.3) is 0 Å². The first-order valence-corrected chi connectivity index (χ1v) is 7.98. The van der Waals surface area contributed by atoms with E-state index in [2.05, 4.69) is 38.1 Å². The monoisotopic (exact) mass is 264 g/mol. The molecule has 0 aromatic heterocycles. The van der Waals surface area contributed by atoms with E-state index in [1.54, 1.807) is 0 Å². The van der Waals surface area contributed by atoms with Gasteiger partial charge in [0.1, 0.15) is 5.78 Å². The second-order valence-electron chi connectivity index (χ2n) is 4.63. The van der Waals surface area contributed by atoms with Crippen LogP contribution in [0.15, 0.2) is 29.2 Å². The van der Waals surface area contributed by atoms with Crippen molar-refractivity contribution in [2.75, 3.05) is 5.75 Å². The van der Waals surface area contributed by atoms with Crippen LogP contribution in [0.4, 0.5) is 0 Å². The van der Waals surface area contributed by atoms with E-state index >= 15 is 0 Å². The van der Waals surface area contributed by atoms with Crippen molar-refractivity contribution in [1.82, 2.24) is 0 Å². The molecule has 0 aliphatic rings. The molecule has 0 fully saturated rings. The average molecular weight is 264 g/mol. The summed E-state index contributed by atoms with van der Waals surface area (Å²) in [5.41, 5.74) is 1.35. The zero-order valence-corrected chi connectivity index (χ0v) is 12.4. The van der Waals surface area contributed by atoms with Gasteiger partial charge >= 0.3 is 0 Å². The molecule has 2 heteroatoms. The highest BCUT2D eigenvalue weighted by atomic mass is 32.2. The Morgan fingerprint density at radius 3 is 2.39 bits per heavy atom. The molecule has 0 bridgehead atoms. The second kappa shape index (κ2) is 9.21. The average Bonchev–Trinajstić information content (AvgIpc) is 2.38. The zero-order chi connectivity index (χ0) is 13.2. The maximum atomic E-state index is 11.4. The minimum Gasteiger partial charge on any atom is -0.300 e. The standard InChI is InChI=1S/C16H24OS/c1-3-6-15(17)8-5-7-14-9-11-16(12-10-14)18-13-4-2/h9-12H,3-8,13H2,1-2H3. The Bertz CT molecular complexity index is 343. The molecule has 1 aromatic rings. The van der Waals surface area contributed by atoms with E-state index in [-0.39, 0.29) is 0 Å². The van der Waals surface area contributed by atoms with Crippen LogP contribution in [-0.2, 0) is 11.2 Å². The maximum Gasteiger partial charge on any atom is 0.132 e. The van der Waals surface area contributed by atoms with Gasteiger partial charge in [-0.3, -0.25) is 4.79 Å². The molecule has 0 aliphatic heterocycles. The molecule has 0 atom stereocenters. The van der Waals surface area contributed by atoms with Crippen LogP contribution in [0, 0.1) is 0 Å². The largest absolute Gasteiger partial charge is 0.300 e. The molecule has 1 aromatic carbocycles. The third kappa shape index (κ3) is 6.25. The van der Waals surface area contributed by atoms with Crippen molar-refractivity contribution in [2.45, 2.75) is 57.3 Å². The van der Waals surface area contributed by atoms with Crippen molar-refractivity contribution in [2.24, 2.45) is 0 Å². The number of rotatable bonds is 9. The molecule has 0 N–H and O–H groups in total. The molecule has 1 rings (SSSR count). The molecule has 0 unspecified atom stereocenters. The van der Waals surface area contributed by atoms with E-state index in [0.717, 1.165) is 32.1 Å². The number of aryl methyl sites for hydroxylation is 1. The first kappa shape index (κ1) is 15.3. The Kier molecular flexibility index (Phi) is 7.83. The summed E-state index contributed by atoms with van der Waals surface area (Å²) >= 11 is 1.91. The van der Waals surface area contributed by atoms with Crippen molar-refractivity contribution >= 4 is 17.5 Å². The second-order valence-corrected chi connectivity index (χ2v) is 5.80. The van der Waals surface area contributed by atoms with E-state index in [0.29, 0.717) is 5.78 Å². The van der Waals surface area contributed by atoms with E-state index in [9.17, 15) is 4.79 Å². The number of carbonyl (C=O) groups excluding carboxylic acids is 1. The summed E-state index contributed by atoms with van der Waals surface area (Å²) in [6.45, 7) is 4.26. The normalized spacial score (nSPS) is 10.6. The lowest BCUT2D eigenvalue weighted by Gasteiger charge is -2.03. The summed E-state index contributed by atoms with van der Waals surface area (Å²) < 4.78 is 0. The molecule has 0 aliphatic carbocycles. The fourth-order valence-corrected chi connectivity index (χ4v) is 2.63. The van der Waals surface area contributed by atoms with Gasteiger partial charge in [-0.05, 0) is 49.1 Å². The van der Waals surface area contributed by atoms with Gasteiger partial charge in [0.15, 0.2) is 0 Å². The van der Waals surface area contributed by atoms with Gasteiger partial charge in [0.05, 0.1) is 0 Å². The highest BCUT2D eigenvalue weighted by Gasteiger charge is 2.01. The van der Waals surface area contributed by atoms with Crippen molar-refractivity contribution < 1.29 is 4.79 Å². The first-order chi connectivity index (χ1) is 8.76. The summed E-state index contributed by atoms with van der Waals surface area (Å²) in [5.74, 6) is 1.60. The van der Waals surface area contributed by atoms with E-state index < -0.39 is 0 Å². The van der Waals surface area contributed by atoms with E-state index in [4.69, 9.17) is 0 Å². The van der Waals surface area contributed by atoms with Gasteiger partial charge in [-0.2, -0.15) is 0 Å². The number of benzene rings is 1. The van der Waals surface area contributed by atoms with E-state index in [1.165, 1.54) is 22.6 Å². The van der Waals surface area contributed by atoms with Crippen LogP contribution in [0.1, 0.15) is 51.5 Å². The number of carbonyl (C=O) groups is 1. The lowest BCUT2D eigenvalue weighted by Crippen LogP contribution is -1.97. The molecule has 100 valence electrons. The molecule has 1 nitrogen and oxygen atoms in total. The van der Waals surface area contributed by atoms with Crippen LogP contribution in [0.2, 0.25) is 0 Å². The summed E-state index contributed by atoms with van der Waals surface area (Å²) in [4.78, 5) is 12.8. The number of thioether (sulfide) groups is 1. The van der Waals surface area contributed by atoms with Crippen LogP contribution >= 0.6 is 11.8 Å². The predicted octanol–water partition coefficient (Wildman–Crippen LogP) is 4.88. The lowest BCUT2D eigenvalue weighted by atomic mass is 10.1. The molecular weight excluding hydrogens is 240 g/mol. The Labute approximate surface area is 115 Å². The molecular formula is C16H24OS. The molecule has 0 saturated carbocycles. The van der Waals surface area contributed by atoms with Gasteiger partial charge in [-0.15, -0.1) is 11.8 Å². The zero-order valence-electron chi connectivity index (χ0n) is 11.6. The Balaban J connectivity index is 2.28. The SMILES string of the molecule is CCCSc1ccc(CCCC(=O)CCC)cc1. The van der Waals surface area contributed by atoms with Crippen molar-refractivity contribution in [3.05, 3.63) is 29.8 Å². The third-order valence-corrected chi connectivity index (χ3v) is 4.06. The number of ketones is 1. The first-order valence-electron chi connectivity index (χ1n) is 6.99.